The van der Waals surface area contributed by atoms with E-state index < -0.39 is 0 Å². The fourth-order valence-electron chi connectivity index (χ4n) is 2.08. The lowest BCUT2D eigenvalue weighted by Crippen LogP contribution is -2.54. The van der Waals surface area contributed by atoms with Gasteiger partial charge < -0.3 is 4.84 Å². The van der Waals surface area contributed by atoms with E-state index in [1.807, 2.05) is 18.2 Å². The number of halogens is 2. The summed E-state index contributed by atoms with van der Waals surface area (Å²) in [4.78, 5) is 6.20. The van der Waals surface area contributed by atoms with E-state index in [0.717, 1.165) is 11.3 Å². The van der Waals surface area contributed by atoms with Gasteiger partial charge in [-0.2, -0.15) is 0 Å². The molecule has 0 radical (unpaired) electrons. The predicted octanol–water partition coefficient (Wildman–Crippen LogP) is 2.95. The van der Waals surface area contributed by atoms with Crippen LogP contribution in [0.15, 0.2) is 35.5 Å². The van der Waals surface area contributed by atoms with Crippen molar-refractivity contribution in [3.8, 4) is 0 Å². The van der Waals surface area contributed by atoms with Crippen molar-refractivity contribution in [3.63, 3.8) is 0 Å². The third kappa shape index (κ3) is 1.38. The maximum absolute atomic E-state index is 5.41. The van der Waals surface area contributed by atoms with E-state index in [2.05, 4.69) is 49.1 Å². The first kappa shape index (κ1) is 9.85. The molecule has 1 aliphatic heterocycles. The van der Waals surface area contributed by atoms with Crippen LogP contribution < -0.4 is 0 Å². The molecule has 1 fully saturated rings. The van der Waals surface area contributed by atoms with E-state index in [4.69, 9.17) is 4.84 Å². The molecule has 78 valence electrons. The van der Waals surface area contributed by atoms with Crippen molar-refractivity contribution >= 4 is 37.6 Å². The summed E-state index contributed by atoms with van der Waals surface area (Å²) < 4.78 is 0. The van der Waals surface area contributed by atoms with E-state index in [0.29, 0.717) is 15.6 Å². The molecule has 15 heavy (non-hydrogen) atoms. The van der Waals surface area contributed by atoms with Gasteiger partial charge in [-0.1, -0.05) is 67.3 Å². The van der Waals surface area contributed by atoms with E-state index >= 15 is 0 Å². The summed E-state index contributed by atoms with van der Waals surface area (Å²) in [5.74, 6) is 0.386. The van der Waals surface area contributed by atoms with Gasteiger partial charge in [0, 0.05) is 4.83 Å². The molecular weight excluding hydrogens is 322 g/mol. The highest BCUT2D eigenvalue weighted by molar-refractivity contribution is 9.12. The molecule has 0 unspecified atom stereocenters. The van der Waals surface area contributed by atoms with Crippen LogP contribution >= 0.6 is 31.9 Å². The maximum Gasteiger partial charge on any atom is 0.150 e. The minimum absolute atomic E-state index is 0.199. The van der Waals surface area contributed by atoms with Crippen LogP contribution in [0, 0.1) is 5.92 Å². The summed E-state index contributed by atoms with van der Waals surface area (Å²) in [6.07, 6.45) is 0.199. The Bertz CT molecular complexity index is 406. The number of alkyl halides is 2. The van der Waals surface area contributed by atoms with Crippen molar-refractivity contribution in [2.24, 2.45) is 11.1 Å². The molecular formula is C11H9Br2NO. The number of fused-ring (bicyclic) bond motifs is 1. The van der Waals surface area contributed by atoms with Crippen molar-refractivity contribution in [2.75, 3.05) is 0 Å². The fourth-order valence-corrected chi connectivity index (χ4v) is 3.68. The summed E-state index contributed by atoms with van der Waals surface area (Å²) in [6, 6.07) is 10.2. The number of hydrogen-bond donors (Lipinski definition) is 0. The summed E-state index contributed by atoms with van der Waals surface area (Å²) >= 11 is 7.25. The lowest BCUT2D eigenvalue weighted by molar-refractivity contribution is 0.0235. The van der Waals surface area contributed by atoms with Crippen LogP contribution in [0.3, 0.4) is 0 Å². The molecule has 0 amide bonds. The molecule has 0 spiro atoms. The number of hydrogen-bond acceptors (Lipinski definition) is 2. The minimum Gasteiger partial charge on any atom is -0.390 e. The zero-order valence-corrected chi connectivity index (χ0v) is 11.0. The Morgan fingerprint density at radius 1 is 1.07 bits per heavy atom. The Morgan fingerprint density at radius 3 is 2.53 bits per heavy atom. The first-order valence-electron chi connectivity index (χ1n) is 4.86. The fraction of sp³-hybridized carbons (Fsp3) is 0.364. The Hall–Kier alpha value is -0.350. The molecule has 0 N–H and O–H groups in total. The van der Waals surface area contributed by atoms with Crippen molar-refractivity contribution in [3.05, 3.63) is 35.9 Å². The normalized spacial score (nSPS) is 37.6. The van der Waals surface area contributed by atoms with Crippen LogP contribution in [-0.4, -0.2) is 21.5 Å². The second-order valence-electron chi connectivity index (χ2n) is 3.83. The third-order valence-electron chi connectivity index (χ3n) is 2.97. The lowest BCUT2D eigenvalue weighted by atomic mass is 9.77. The Balaban J connectivity index is 1.91. The smallest absolute Gasteiger partial charge is 0.150 e. The first-order chi connectivity index (χ1) is 7.29. The van der Waals surface area contributed by atoms with Gasteiger partial charge in [0.05, 0.1) is 16.5 Å². The lowest BCUT2D eigenvalue weighted by Gasteiger charge is -2.39. The molecule has 1 aliphatic carbocycles. The van der Waals surface area contributed by atoms with E-state index in [1.54, 1.807) is 0 Å². The van der Waals surface area contributed by atoms with Crippen molar-refractivity contribution in [1.29, 1.82) is 0 Å². The topological polar surface area (TPSA) is 21.6 Å². The largest absolute Gasteiger partial charge is 0.390 e. The standard InChI is InChI=1S/C11H9Br2NO/c12-8-7-10(6-4-2-1-3-5-6)14-15-11(7)9(8)13/h1-5,7-9,11H/t7-,8-,9+,11+/m0/s1. The summed E-state index contributed by atoms with van der Waals surface area (Å²) in [6.45, 7) is 0. The van der Waals surface area contributed by atoms with Crippen LogP contribution in [0.5, 0.6) is 0 Å². The highest BCUT2D eigenvalue weighted by Gasteiger charge is 2.56. The summed E-state index contributed by atoms with van der Waals surface area (Å²) in [7, 11) is 0. The first-order valence-corrected chi connectivity index (χ1v) is 6.69. The van der Waals surface area contributed by atoms with Crippen molar-refractivity contribution < 1.29 is 4.84 Å². The van der Waals surface area contributed by atoms with Gasteiger partial charge >= 0.3 is 0 Å². The summed E-state index contributed by atoms with van der Waals surface area (Å²) in [5.41, 5.74) is 2.23. The number of rotatable bonds is 1. The maximum atomic E-state index is 5.41. The molecule has 2 nitrogen and oxygen atoms in total. The zero-order chi connectivity index (χ0) is 10.4. The Morgan fingerprint density at radius 2 is 1.80 bits per heavy atom. The number of nitrogens with zero attached hydrogens (tertiary/aromatic N) is 1. The van der Waals surface area contributed by atoms with E-state index in [1.165, 1.54) is 0 Å². The van der Waals surface area contributed by atoms with Crippen LogP contribution in [0.1, 0.15) is 5.56 Å². The molecule has 1 saturated carbocycles. The van der Waals surface area contributed by atoms with Gasteiger partial charge in [-0.15, -0.1) is 0 Å². The minimum atomic E-state index is 0.199. The highest BCUT2D eigenvalue weighted by atomic mass is 79.9. The SMILES string of the molecule is Br[C@@H]1[C@@H](Br)[C@H]2C(c3ccccc3)=NO[C@@H]12. The van der Waals surface area contributed by atoms with Crippen LogP contribution in [0.4, 0.5) is 0 Å². The monoisotopic (exact) mass is 329 g/mol. The molecule has 4 heteroatoms. The quantitative estimate of drug-likeness (QED) is 0.725. The van der Waals surface area contributed by atoms with Crippen molar-refractivity contribution in [1.82, 2.24) is 0 Å². The zero-order valence-electron chi connectivity index (χ0n) is 7.81. The average Bonchev–Trinajstić information content (AvgIpc) is 2.70. The molecule has 4 atom stereocenters. The molecule has 1 heterocycles. The van der Waals surface area contributed by atoms with E-state index in [-0.39, 0.29) is 6.10 Å². The molecule has 2 aliphatic rings. The van der Waals surface area contributed by atoms with Crippen LogP contribution in [0.2, 0.25) is 0 Å². The number of oxime groups is 1. The molecule has 1 aromatic rings. The molecule has 3 rings (SSSR count). The Labute approximate surface area is 105 Å². The summed E-state index contributed by atoms with van der Waals surface area (Å²) in [5, 5.41) is 4.19. The molecule has 0 saturated heterocycles. The number of benzene rings is 1. The van der Waals surface area contributed by atoms with Gasteiger partial charge in [-0.25, -0.2) is 0 Å². The van der Waals surface area contributed by atoms with E-state index in [9.17, 15) is 0 Å². The second kappa shape index (κ2) is 3.59. The van der Waals surface area contributed by atoms with Gasteiger partial charge in [0.25, 0.3) is 0 Å². The van der Waals surface area contributed by atoms with Gasteiger partial charge in [0.2, 0.25) is 0 Å². The third-order valence-corrected chi connectivity index (χ3v) is 5.91. The van der Waals surface area contributed by atoms with Crippen LogP contribution in [-0.2, 0) is 4.84 Å². The highest BCUT2D eigenvalue weighted by Crippen LogP contribution is 2.46. The molecule has 0 aromatic heterocycles. The molecule has 0 bridgehead atoms. The second-order valence-corrected chi connectivity index (χ2v) is 5.94. The van der Waals surface area contributed by atoms with Gasteiger partial charge in [-0.05, 0) is 5.56 Å². The predicted molar refractivity (Wildman–Crippen MR) is 66.8 cm³/mol. The van der Waals surface area contributed by atoms with Crippen LogP contribution in [0.25, 0.3) is 0 Å². The van der Waals surface area contributed by atoms with Gasteiger partial charge in [0.1, 0.15) is 0 Å². The Kier molecular flexibility index (Phi) is 2.36. The van der Waals surface area contributed by atoms with Gasteiger partial charge in [-0.3, -0.25) is 0 Å². The van der Waals surface area contributed by atoms with Crippen molar-refractivity contribution in [2.45, 2.75) is 15.8 Å². The molecule has 1 aromatic carbocycles. The van der Waals surface area contributed by atoms with Gasteiger partial charge in [0.15, 0.2) is 6.10 Å². The average molecular weight is 331 g/mol.